The fourth-order valence-electron chi connectivity index (χ4n) is 1.85. The molecule has 0 aliphatic rings. The van der Waals surface area contributed by atoms with E-state index in [1.165, 1.54) is 0 Å². The maximum absolute atomic E-state index is 6.13. The molecule has 1 aromatic heterocycles. The molecule has 0 aliphatic carbocycles. The molecular formula is C15H17ClN2O. The van der Waals surface area contributed by atoms with Gasteiger partial charge in [0.25, 0.3) is 0 Å². The first-order valence-corrected chi connectivity index (χ1v) is 6.51. The van der Waals surface area contributed by atoms with Crippen LogP contribution in [0.1, 0.15) is 29.7 Å². The number of rotatable bonds is 3. The van der Waals surface area contributed by atoms with Crippen molar-refractivity contribution in [3.05, 3.63) is 52.2 Å². The standard InChI is InChI=1S/C15H17ClN2O/c1-9-6-13(7-10(2)15(9)16)19-14-8-12(11(3)17)4-5-18-14/h4-8,11H,17H2,1-3H3. The summed E-state index contributed by atoms with van der Waals surface area (Å²) >= 11 is 6.13. The zero-order valence-corrected chi connectivity index (χ0v) is 12.0. The number of hydrogen-bond donors (Lipinski definition) is 1. The van der Waals surface area contributed by atoms with Crippen LogP contribution >= 0.6 is 11.6 Å². The predicted octanol–water partition coefficient (Wildman–Crippen LogP) is 4.16. The van der Waals surface area contributed by atoms with Gasteiger partial charge in [0.15, 0.2) is 0 Å². The van der Waals surface area contributed by atoms with Crippen molar-refractivity contribution in [1.29, 1.82) is 0 Å². The Balaban J connectivity index is 2.28. The van der Waals surface area contributed by atoms with E-state index in [-0.39, 0.29) is 6.04 Å². The summed E-state index contributed by atoms with van der Waals surface area (Å²) in [5.74, 6) is 1.27. The quantitative estimate of drug-likeness (QED) is 0.915. The van der Waals surface area contributed by atoms with Crippen LogP contribution in [0.25, 0.3) is 0 Å². The summed E-state index contributed by atoms with van der Waals surface area (Å²) in [5.41, 5.74) is 8.81. The second-order valence-corrected chi connectivity index (χ2v) is 5.07. The van der Waals surface area contributed by atoms with Crippen molar-refractivity contribution in [1.82, 2.24) is 4.98 Å². The van der Waals surface area contributed by atoms with E-state index in [9.17, 15) is 0 Å². The van der Waals surface area contributed by atoms with Gasteiger partial charge in [0, 0.05) is 23.3 Å². The number of halogens is 1. The molecule has 0 aliphatic heterocycles. The van der Waals surface area contributed by atoms with E-state index in [2.05, 4.69) is 4.98 Å². The van der Waals surface area contributed by atoms with Crippen LogP contribution < -0.4 is 10.5 Å². The minimum absolute atomic E-state index is 0.0426. The molecular weight excluding hydrogens is 260 g/mol. The molecule has 3 nitrogen and oxygen atoms in total. The van der Waals surface area contributed by atoms with E-state index >= 15 is 0 Å². The predicted molar refractivity (Wildman–Crippen MR) is 77.8 cm³/mol. The Morgan fingerprint density at radius 3 is 2.42 bits per heavy atom. The van der Waals surface area contributed by atoms with Crippen LogP contribution in [0.4, 0.5) is 0 Å². The first kappa shape index (κ1) is 13.8. The van der Waals surface area contributed by atoms with Gasteiger partial charge in [-0.3, -0.25) is 0 Å². The third-order valence-corrected chi connectivity index (χ3v) is 3.51. The Bertz CT molecular complexity index is 573. The van der Waals surface area contributed by atoms with Gasteiger partial charge in [-0.2, -0.15) is 0 Å². The normalized spacial score (nSPS) is 12.3. The zero-order valence-electron chi connectivity index (χ0n) is 11.3. The highest BCUT2D eigenvalue weighted by atomic mass is 35.5. The molecule has 0 saturated heterocycles. The van der Waals surface area contributed by atoms with Crippen molar-refractivity contribution in [2.75, 3.05) is 0 Å². The van der Waals surface area contributed by atoms with E-state index < -0.39 is 0 Å². The van der Waals surface area contributed by atoms with Crippen LogP contribution in [0.15, 0.2) is 30.5 Å². The summed E-state index contributed by atoms with van der Waals surface area (Å²) < 4.78 is 5.76. The molecule has 0 amide bonds. The minimum Gasteiger partial charge on any atom is -0.439 e. The number of aryl methyl sites for hydroxylation is 2. The van der Waals surface area contributed by atoms with Crippen LogP contribution in [0.3, 0.4) is 0 Å². The molecule has 1 atom stereocenters. The molecule has 0 radical (unpaired) electrons. The van der Waals surface area contributed by atoms with Crippen molar-refractivity contribution >= 4 is 11.6 Å². The molecule has 1 aromatic carbocycles. The SMILES string of the molecule is Cc1cc(Oc2cc(C(C)N)ccn2)cc(C)c1Cl. The molecule has 1 unspecified atom stereocenters. The third kappa shape index (κ3) is 3.25. The highest BCUT2D eigenvalue weighted by Crippen LogP contribution is 2.29. The molecule has 2 N–H and O–H groups in total. The number of nitrogens with two attached hydrogens (primary N) is 1. The summed E-state index contributed by atoms with van der Waals surface area (Å²) in [7, 11) is 0. The van der Waals surface area contributed by atoms with Gasteiger partial charge in [0.2, 0.25) is 5.88 Å². The van der Waals surface area contributed by atoms with Crippen molar-refractivity contribution < 1.29 is 4.74 Å². The molecule has 0 fully saturated rings. The monoisotopic (exact) mass is 276 g/mol. The summed E-state index contributed by atoms with van der Waals surface area (Å²) in [4.78, 5) is 4.19. The molecule has 2 rings (SSSR count). The lowest BCUT2D eigenvalue weighted by Crippen LogP contribution is -2.05. The van der Waals surface area contributed by atoms with Crippen LogP contribution in [0.2, 0.25) is 5.02 Å². The van der Waals surface area contributed by atoms with E-state index in [1.54, 1.807) is 6.20 Å². The van der Waals surface area contributed by atoms with E-state index in [0.717, 1.165) is 27.5 Å². The average molecular weight is 277 g/mol. The summed E-state index contributed by atoms with van der Waals surface area (Å²) in [6.45, 7) is 5.83. The highest BCUT2D eigenvalue weighted by molar-refractivity contribution is 6.32. The first-order chi connectivity index (χ1) is 8.97. The van der Waals surface area contributed by atoms with Crippen molar-refractivity contribution in [2.24, 2.45) is 5.73 Å². The Hall–Kier alpha value is -1.58. The Labute approximate surface area is 118 Å². The van der Waals surface area contributed by atoms with Gasteiger partial charge in [-0.1, -0.05) is 11.6 Å². The Kier molecular flexibility index (Phi) is 4.08. The third-order valence-electron chi connectivity index (χ3n) is 2.92. The lowest BCUT2D eigenvalue weighted by Gasteiger charge is -2.11. The molecule has 19 heavy (non-hydrogen) atoms. The number of ether oxygens (including phenoxy) is 1. The van der Waals surface area contributed by atoms with E-state index in [4.69, 9.17) is 22.1 Å². The van der Waals surface area contributed by atoms with Gasteiger partial charge < -0.3 is 10.5 Å². The van der Waals surface area contributed by atoms with Gasteiger partial charge in [-0.15, -0.1) is 0 Å². The number of aromatic nitrogens is 1. The zero-order chi connectivity index (χ0) is 14.0. The number of pyridine rings is 1. The van der Waals surface area contributed by atoms with E-state index in [1.807, 2.05) is 45.0 Å². The molecule has 100 valence electrons. The van der Waals surface area contributed by atoms with Crippen LogP contribution in [0, 0.1) is 13.8 Å². The van der Waals surface area contributed by atoms with Gasteiger partial charge in [-0.05, 0) is 55.7 Å². The summed E-state index contributed by atoms with van der Waals surface area (Å²) in [6, 6.07) is 7.49. The maximum Gasteiger partial charge on any atom is 0.219 e. The number of hydrogen-bond acceptors (Lipinski definition) is 3. The smallest absolute Gasteiger partial charge is 0.219 e. The fraction of sp³-hybridized carbons (Fsp3) is 0.267. The maximum atomic E-state index is 6.13. The fourth-order valence-corrected chi connectivity index (χ4v) is 1.96. The highest BCUT2D eigenvalue weighted by Gasteiger charge is 2.07. The van der Waals surface area contributed by atoms with E-state index in [0.29, 0.717) is 5.88 Å². The molecule has 0 saturated carbocycles. The first-order valence-electron chi connectivity index (χ1n) is 6.13. The lowest BCUT2D eigenvalue weighted by molar-refractivity contribution is 0.461. The van der Waals surface area contributed by atoms with Crippen LogP contribution in [-0.2, 0) is 0 Å². The largest absolute Gasteiger partial charge is 0.439 e. The van der Waals surface area contributed by atoms with Crippen LogP contribution in [-0.4, -0.2) is 4.98 Å². The van der Waals surface area contributed by atoms with Crippen molar-refractivity contribution in [3.8, 4) is 11.6 Å². The topological polar surface area (TPSA) is 48.1 Å². The second-order valence-electron chi connectivity index (χ2n) is 4.69. The van der Waals surface area contributed by atoms with Gasteiger partial charge >= 0.3 is 0 Å². The van der Waals surface area contributed by atoms with Gasteiger partial charge in [0.1, 0.15) is 5.75 Å². The Morgan fingerprint density at radius 1 is 1.21 bits per heavy atom. The molecule has 0 bridgehead atoms. The molecule has 2 aromatic rings. The van der Waals surface area contributed by atoms with Gasteiger partial charge in [-0.25, -0.2) is 4.98 Å². The molecule has 4 heteroatoms. The van der Waals surface area contributed by atoms with Crippen LogP contribution in [0.5, 0.6) is 11.6 Å². The number of benzene rings is 1. The summed E-state index contributed by atoms with van der Waals surface area (Å²) in [6.07, 6.45) is 1.70. The Morgan fingerprint density at radius 2 is 1.84 bits per heavy atom. The summed E-state index contributed by atoms with van der Waals surface area (Å²) in [5, 5.41) is 0.768. The molecule has 0 spiro atoms. The number of nitrogens with zero attached hydrogens (tertiary/aromatic N) is 1. The lowest BCUT2D eigenvalue weighted by atomic mass is 10.1. The van der Waals surface area contributed by atoms with Crippen molar-refractivity contribution in [3.63, 3.8) is 0 Å². The van der Waals surface area contributed by atoms with Crippen molar-refractivity contribution in [2.45, 2.75) is 26.8 Å². The molecule has 1 heterocycles. The average Bonchev–Trinajstić information content (AvgIpc) is 2.36. The minimum atomic E-state index is -0.0426. The second kappa shape index (κ2) is 5.59. The van der Waals surface area contributed by atoms with Gasteiger partial charge in [0.05, 0.1) is 0 Å².